The summed E-state index contributed by atoms with van der Waals surface area (Å²) < 4.78 is 0. The number of nitrogens with two attached hydrogens (primary N) is 1. The van der Waals surface area contributed by atoms with Gasteiger partial charge in [-0.05, 0) is 24.6 Å². The van der Waals surface area contributed by atoms with Crippen LogP contribution in [0.1, 0.15) is 11.1 Å². The van der Waals surface area contributed by atoms with Crippen LogP contribution in [0.2, 0.25) is 0 Å². The van der Waals surface area contributed by atoms with Crippen molar-refractivity contribution in [3.63, 3.8) is 0 Å². The second-order valence-electron chi connectivity index (χ2n) is 4.80. The predicted molar refractivity (Wildman–Crippen MR) is 93.9 cm³/mol. The molecule has 2 aromatic rings. The van der Waals surface area contributed by atoms with Gasteiger partial charge in [0.05, 0.1) is 6.54 Å². The molecule has 0 aromatic heterocycles. The molecule has 0 heterocycles. The van der Waals surface area contributed by atoms with Crippen molar-refractivity contribution in [2.45, 2.75) is 12.7 Å². The number of aryl methyl sites for hydroxylation is 1. The Morgan fingerprint density at radius 1 is 1.10 bits per heavy atom. The van der Waals surface area contributed by atoms with Crippen LogP contribution in [0.4, 0.5) is 5.69 Å². The highest BCUT2D eigenvalue weighted by Crippen LogP contribution is 2.12. The van der Waals surface area contributed by atoms with E-state index in [4.69, 9.17) is 5.73 Å². The Balaban J connectivity index is 1.66. The van der Waals surface area contributed by atoms with Crippen LogP contribution in [0.15, 0.2) is 59.6 Å². The van der Waals surface area contributed by atoms with Crippen LogP contribution in [0.25, 0.3) is 0 Å². The van der Waals surface area contributed by atoms with Crippen molar-refractivity contribution in [3.05, 3.63) is 65.7 Å². The van der Waals surface area contributed by atoms with Crippen LogP contribution in [-0.4, -0.2) is 18.3 Å². The van der Waals surface area contributed by atoms with E-state index in [1.165, 1.54) is 11.1 Å². The quantitative estimate of drug-likeness (QED) is 0.486. The Hall–Kier alpha value is -1.94. The Kier molecular flexibility index (Phi) is 6.16. The van der Waals surface area contributed by atoms with E-state index in [9.17, 15) is 0 Å². The molecule has 0 amide bonds. The van der Waals surface area contributed by atoms with Gasteiger partial charge in [-0.15, -0.1) is 0 Å². The molecule has 0 saturated carbocycles. The maximum Gasteiger partial charge on any atom is 0.193 e. The van der Waals surface area contributed by atoms with Crippen molar-refractivity contribution in [1.82, 2.24) is 0 Å². The molecule has 2 rings (SSSR count). The summed E-state index contributed by atoms with van der Waals surface area (Å²) in [6.45, 7) is 2.83. The molecule has 0 bridgehead atoms. The lowest BCUT2D eigenvalue weighted by atomic mass is 10.2. The van der Waals surface area contributed by atoms with Crippen molar-refractivity contribution >= 4 is 23.4 Å². The number of anilines is 1. The highest BCUT2D eigenvalue weighted by atomic mass is 32.2. The first-order valence-corrected chi connectivity index (χ1v) is 8.15. The molecule has 0 fully saturated rings. The Morgan fingerprint density at radius 2 is 1.81 bits per heavy atom. The Morgan fingerprint density at radius 3 is 2.52 bits per heavy atom. The molecular weight excluding hydrogens is 278 g/mol. The third-order valence-corrected chi connectivity index (χ3v) is 3.96. The van der Waals surface area contributed by atoms with E-state index in [0.717, 1.165) is 23.7 Å². The molecule has 0 aliphatic carbocycles. The molecule has 4 heteroatoms. The first-order valence-electron chi connectivity index (χ1n) is 6.99. The fraction of sp³-hybridized carbons (Fsp3) is 0.235. The van der Waals surface area contributed by atoms with Gasteiger partial charge in [0.15, 0.2) is 5.96 Å². The molecule has 0 aliphatic rings. The zero-order valence-corrected chi connectivity index (χ0v) is 13.1. The van der Waals surface area contributed by atoms with Gasteiger partial charge >= 0.3 is 0 Å². The summed E-state index contributed by atoms with van der Waals surface area (Å²) in [5.74, 6) is 2.45. The van der Waals surface area contributed by atoms with Crippen molar-refractivity contribution in [3.8, 4) is 0 Å². The lowest BCUT2D eigenvalue weighted by Crippen LogP contribution is -2.23. The molecule has 2 aromatic carbocycles. The third kappa shape index (κ3) is 5.92. The van der Waals surface area contributed by atoms with E-state index < -0.39 is 0 Å². The summed E-state index contributed by atoms with van der Waals surface area (Å²) in [4.78, 5) is 4.33. The maximum absolute atomic E-state index is 5.85. The standard InChI is InChI=1S/C17H21N3S/c1-14-7-9-15(10-8-14)13-21-12-11-19-17(18)20-16-5-3-2-4-6-16/h2-10H,11-13H2,1H3,(H3,18,19,20). The molecule has 3 N–H and O–H groups in total. The van der Waals surface area contributed by atoms with Crippen molar-refractivity contribution in [2.75, 3.05) is 17.6 Å². The number of benzene rings is 2. The van der Waals surface area contributed by atoms with Crippen LogP contribution in [0, 0.1) is 6.92 Å². The summed E-state index contributed by atoms with van der Waals surface area (Å²) in [5, 5.41) is 3.08. The number of hydrogen-bond donors (Lipinski definition) is 2. The summed E-state index contributed by atoms with van der Waals surface area (Å²) in [6.07, 6.45) is 0. The van der Waals surface area contributed by atoms with E-state index in [1.807, 2.05) is 42.1 Å². The molecule has 0 spiro atoms. The molecule has 3 nitrogen and oxygen atoms in total. The SMILES string of the molecule is Cc1ccc(CSCCN=C(N)Nc2ccccc2)cc1. The van der Waals surface area contributed by atoms with E-state index in [-0.39, 0.29) is 0 Å². The molecule has 21 heavy (non-hydrogen) atoms. The monoisotopic (exact) mass is 299 g/mol. The van der Waals surface area contributed by atoms with Crippen LogP contribution in [-0.2, 0) is 5.75 Å². The number of nitrogens with zero attached hydrogens (tertiary/aromatic N) is 1. The highest BCUT2D eigenvalue weighted by molar-refractivity contribution is 7.98. The van der Waals surface area contributed by atoms with Crippen LogP contribution in [0.5, 0.6) is 0 Å². The zero-order valence-electron chi connectivity index (χ0n) is 12.3. The maximum atomic E-state index is 5.85. The minimum atomic E-state index is 0.470. The van der Waals surface area contributed by atoms with E-state index in [2.05, 4.69) is 41.5 Å². The Bertz CT molecular complexity index is 564. The van der Waals surface area contributed by atoms with E-state index in [0.29, 0.717) is 5.96 Å². The molecule has 0 saturated heterocycles. The average molecular weight is 299 g/mol. The number of rotatable bonds is 6. The minimum absolute atomic E-state index is 0.470. The smallest absolute Gasteiger partial charge is 0.193 e. The predicted octanol–water partition coefficient (Wildman–Crippen LogP) is 3.66. The summed E-state index contributed by atoms with van der Waals surface area (Å²) in [6, 6.07) is 18.5. The first-order chi connectivity index (χ1) is 10.2. The van der Waals surface area contributed by atoms with Gasteiger partial charge in [0.25, 0.3) is 0 Å². The molecular formula is C17H21N3S. The second kappa shape index (κ2) is 8.37. The van der Waals surface area contributed by atoms with Crippen LogP contribution >= 0.6 is 11.8 Å². The molecule has 0 radical (unpaired) electrons. The number of para-hydroxylation sites is 1. The molecule has 0 aliphatic heterocycles. The van der Waals surface area contributed by atoms with E-state index in [1.54, 1.807) is 0 Å². The Labute approximate surface area is 130 Å². The van der Waals surface area contributed by atoms with E-state index >= 15 is 0 Å². The summed E-state index contributed by atoms with van der Waals surface area (Å²) >= 11 is 1.87. The van der Waals surface area contributed by atoms with Gasteiger partial charge < -0.3 is 11.1 Å². The minimum Gasteiger partial charge on any atom is -0.370 e. The zero-order chi connectivity index (χ0) is 14.9. The topological polar surface area (TPSA) is 50.4 Å². The van der Waals surface area contributed by atoms with Gasteiger partial charge in [-0.2, -0.15) is 11.8 Å². The summed E-state index contributed by atoms with van der Waals surface area (Å²) in [5.41, 5.74) is 9.46. The highest BCUT2D eigenvalue weighted by Gasteiger charge is 1.95. The van der Waals surface area contributed by atoms with Crippen molar-refractivity contribution < 1.29 is 0 Å². The number of hydrogen-bond acceptors (Lipinski definition) is 2. The third-order valence-electron chi connectivity index (χ3n) is 2.95. The molecule has 0 unspecified atom stereocenters. The van der Waals surface area contributed by atoms with Crippen LogP contribution < -0.4 is 11.1 Å². The van der Waals surface area contributed by atoms with Gasteiger partial charge in [-0.3, -0.25) is 4.99 Å². The van der Waals surface area contributed by atoms with Crippen molar-refractivity contribution in [2.24, 2.45) is 10.7 Å². The van der Waals surface area contributed by atoms with Crippen molar-refractivity contribution in [1.29, 1.82) is 0 Å². The number of guanidine groups is 1. The average Bonchev–Trinajstić information content (AvgIpc) is 2.50. The second-order valence-corrected chi connectivity index (χ2v) is 5.90. The van der Waals surface area contributed by atoms with Gasteiger partial charge in [0, 0.05) is 17.2 Å². The largest absolute Gasteiger partial charge is 0.370 e. The normalized spacial score (nSPS) is 11.4. The lowest BCUT2D eigenvalue weighted by molar-refractivity contribution is 1.13. The van der Waals surface area contributed by atoms with Gasteiger partial charge in [0.1, 0.15) is 0 Å². The lowest BCUT2D eigenvalue weighted by Gasteiger charge is -2.05. The van der Waals surface area contributed by atoms with Gasteiger partial charge in [-0.25, -0.2) is 0 Å². The number of aliphatic imine (C=N–C) groups is 1. The first kappa shape index (κ1) is 15.4. The summed E-state index contributed by atoms with van der Waals surface area (Å²) in [7, 11) is 0. The van der Waals surface area contributed by atoms with Gasteiger partial charge in [-0.1, -0.05) is 48.0 Å². The van der Waals surface area contributed by atoms with Crippen LogP contribution in [0.3, 0.4) is 0 Å². The fourth-order valence-corrected chi connectivity index (χ4v) is 2.61. The van der Waals surface area contributed by atoms with Gasteiger partial charge in [0.2, 0.25) is 0 Å². The molecule has 110 valence electrons. The molecule has 0 atom stereocenters. The fourth-order valence-electron chi connectivity index (χ4n) is 1.81. The number of thioether (sulfide) groups is 1. The number of nitrogens with one attached hydrogen (secondary N) is 1.